The molecule has 0 bridgehead atoms. The first-order chi connectivity index (χ1) is 8.42. The summed E-state index contributed by atoms with van der Waals surface area (Å²) in [6.45, 7) is 12.8. The highest BCUT2D eigenvalue weighted by molar-refractivity contribution is 6.21. The van der Waals surface area contributed by atoms with Crippen LogP contribution in [0.15, 0.2) is 6.07 Å². The number of nitrogens with zero attached hydrogens (tertiary/aromatic N) is 3. The molecule has 2 rings (SSSR count). The monoisotopic (exact) mass is 269 g/mol. The summed E-state index contributed by atoms with van der Waals surface area (Å²) >= 11 is 6.40. The van der Waals surface area contributed by atoms with Crippen molar-refractivity contribution in [1.29, 1.82) is 0 Å². The average Bonchev–Trinajstić information content (AvgIpc) is 2.64. The van der Waals surface area contributed by atoms with Crippen molar-refractivity contribution in [2.24, 2.45) is 5.41 Å². The summed E-state index contributed by atoms with van der Waals surface area (Å²) in [7, 11) is 0. The predicted molar refractivity (Wildman–Crippen MR) is 76.0 cm³/mol. The number of piperidine rings is 1. The molecule has 0 spiro atoms. The lowest BCUT2D eigenvalue weighted by atomic mass is 9.83. The molecule has 1 aliphatic rings. The molecule has 1 aromatic rings. The Morgan fingerprint density at radius 3 is 2.83 bits per heavy atom. The number of aryl methyl sites for hydroxylation is 2. The molecule has 0 amide bonds. The van der Waals surface area contributed by atoms with Gasteiger partial charge in [-0.2, -0.15) is 5.10 Å². The van der Waals surface area contributed by atoms with Gasteiger partial charge in [-0.1, -0.05) is 13.8 Å². The van der Waals surface area contributed by atoms with E-state index in [9.17, 15) is 0 Å². The second-order valence-corrected chi connectivity index (χ2v) is 6.58. The zero-order valence-electron chi connectivity index (χ0n) is 11.9. The number of hydrogen-bond donors (Lipinski definition) is 0. The molecule has 2 heterocycles. The Morgan fingerprint density at radius 1 is 1.50 bits per heavy atom. The Bertz CT molecular complexity index is 411. The van der Waals surface area contributed by atoms with E-state index in [0.717, 1.165) is 38.3 Å². The Kier molecular flexibility index (Phi) is 4.02. The van der Waals surface area contributed by atoms with E-state index in [-0.39, 0.29) is 5.41 Å². The lowest BCUT2D eigenvalue weighted by molar-refractivity contribution is 0.113. The molecule has 1 aliphatic heterocycles. The normalized spacial score (nSPS) is 24.4. The van der Waals surface area contributed by atoms with Crippen molar-refractivity contribution in [3.05, 3.63) is 17.5 Å². The van der Waals surface area contributed by atoms with Gasteiger partial charge in [0.15, 0.2) is 0 Å². The molecule has 0 aromatic carbocycles. The maximum atomic E-state index is 6.40. The summed E-state index contributed by atoms with van der Waals surface area (Å²) in [5.41, 5.74) is 2.63. The fourth-order valence-electron chi connectivity index (χ4n) is 2.81. The van der Waals surface area contributed by atoms with Crippen LogP contribution in [0.2, 0.25) is 0 Å². The van der Waals surface area contributed by atoms with E-state index < -0.39 is 0 Å². The lowest BCUT2D eigenvalue weighted by Crippen LogP contribution is -2.46. The van der Waals surface area contributed by atoms with Crippen LogP contribution < -0.4 is 0 Å². The third-order valence-corrected chi connectivity index (χ3v) is 4.66. The number of aromatic nitrogens is 2. The molecule has 1 unspecified atom stereocenters. The zero-order valence-corrected chi connectivity index (χ0v) is 12.7. The summed E-state index contributed by atoms with van der Waals surface area (Å²) in [6.07, 6.45) is 1.08. The Balaban J connectivity index is 2.05. The Hall–Kier alpha value is -0.540. The molecule has 3 nitrogen and oxygen atoms in total. The van der Waals surface area contributed by atoms with E-state index in [4.69, 9.17) is 11.6 Å². The van der Waals surface area contributed by atoms with Gasteiger partial charge in [0.05, 0.1) is 11.4 Å². The Morgan fingerprint density at radius 2 is 2.22 bits per heavy atom. The van der Waals surface area contributed by atoms with Gasteiger partial charge in [-0.05, 0) is 38.3 Å². The van der Waals surface area contributed by atoms with E-state index in [1.54, 1.807) is 0 Å². The predicted octanol–water partition coefficient (Wildman–Crippen LogP) is 3.05. The van der Waals surface area contributed by atoms with Gasteiger partial charge in [0.1, 0.15) is 0 Å². The highest BCUT2D eigenvalue weighted by atomic mass is 35.5. The van der Waals surface area contributed by atoms with Crippen molar-refractivity contribution in [3.63, 3.8) is 0 Å². The molecule has 0 N–H and O–H groups in total. The van der Waals surface area contributed by atoms with Crippen molar-refractivity contribution in [1.82, 2.24) is 14.7 Å². The molecule has 0 aliphatic carbocycles. The van der Waals surface area contributed by atoms with Gasteiger partial charge in [0.2, 0.25) is 0 Å². The molecule has 0 saturated carbocycles. The standard InChI is InChI=1S/C14H24ClN3/c1-5-18-12(8-11(2)16-18)9-17-7-6-13(15)14(3,4)10-17/h8,13H,5-7,9-10H2,1-4H3. The number of alkyl halides is 1. The number of likely N-dealkylation sites (tertiary alicyclic amines) is 1. The summed E-state index contributed by atoms with van der Waals surface area (Å²) in [4.78, 5) is 2.50. The molecule has 102 valence electrons. The van der Waals surface area contributed by atoms with E-state index in [1.807, 2.05) is 0 Å². The van der Waals surface area contributed by atoms with Crippen LogP contribution in [0.25, 0.3) is 0 Å². The van der Waals surface area contributed by atoms with Crippen molar-refractivity contribution in [3.8, 4) is 0 Å². The van der Waals surface area contributed by atoms with Crippen LogP contribution >= 0.6 is 11.6 Å². The Labute approximate surface area is 115 Å². The molecule has 4 heteroatoms. The maximum absolute atomic E-state index is 6.40. The van der Waals surface area contributed by atoms with Crippen LogP contribution in [0.5, 0.6) is 0 Å². The van der Waals surface area contributed by atoms with Gasteiger partial charge in [0.25, 0.3) is 0 Å². The fourth-order valence-corrected chi connectivity index (χ4v) is 2.97. The lowest BCUT2D eigenvalue weighted by Gasteiger charge is -2.41. The smallest absolute Gasteiger partial charge is 0.0597 e. The van der Waals surface area contributed by atoms with Crippen LogP contribution in [0.4, 0.5) is 0 Å². The van der Waals surface area contributed by atoms with Gasteiger partial charge in [0, 0.05) is 25.0 Å². The first-order valence-corrected chi connectivity index (χ1v) is 7.26. The third kappa shape index (κ3) is 2.89. The van der Waals surface area contributed by atoms with Crippen LogP contribution in [0.1, 0.15) is 38.6 Å². The second kappa shape index (κ2) is 5.22. The van der Waals surface area contributed by atoms with Crippen molar-refractivity contribution in [2.45, 2.75) is 52.6 Å². The van der Waals surface area contributed by atoms with E-state index in [1.165, 1.54) is 5.69 Å². The zero-order chi connectivity index (χ0) is 13.3. The molecule has 1 aromatic heterocycles. The first kappa shape index (κ1) is 13.9. The van der Waals surface area contributed by atoms with Crippen LogP contribution in [0.3, 0.4) is 0 Å². The molecular formula is C14H24ClN3. The minimum Gasteiger partial charge on any atom is -0.297 e. The first-order valence-electron chi connectivity index (χ1n) is 6.82. The van der Waals surface area contributed by atoms with E-state index in [2.05, 4.69) is 48.4 Å². The van der Waals surface area contributed by atoms with Crippen molar-refractivity contribution < 1.29 is 0 Å². The van der Waals surface area contributed by atoms with E-state index >= 15 is 0 Å². The number of halogens is 1. The van der Waals surface area contributed by atoms with Gasteiger partial charge in [-0.25, -0.2) is 0 Å². The molecule has 1 atom stereocenters. The molecule has 18 heavy (non-hydrogen) atoms. The van der Waals surface area contributed by atoms with Crippen molar-refractivity contribution in [2.75, 3.05) is 13.1 Å². The van der Waals surface area contributed by atoms with Gasteiger partial charge >= 0.3 is 0 Å². The van der Waals surface area contributed by atoms with Crippen LogP contribution in [-0.4, -0.2) is 33.1 Å². The summed E-state index contributed by atoms with van der Waals surface area (Å²) in [5.74, 6) is 0. The SMILES string of the molecule is CCn1nc(C)cc1CN1CCC(Cl)C(C)(C)C1. The highest BCUT2D eigenvalue weighted by Crippen LogP contribution is 2.33. The van der Waals surface area contributed by atoms with Crippen LogP contribution in [0, 0.1) is 12.3 Å². The highest BCUT2D eigenvalue weighted by Gasteiger charge is 2.34. The third-order valence-electron chi connectivity index (χ3n) is 3.85. The topological polar surface area (TPSA) is 21.1 Å². The van der Waals surface area contributed by atoms with Crippen LogP contribution in [-0.2, 0) is 13.1 Å². The average molecular weight is 270 g/mol. The number of hydrogen-bond acceptors (Lipinski definition) is 2. The minimum atomic E-state index is 0.200. The largest absolute Gasteiger partial charge is 0.297 e. The van der Waals surface area contributed by atoms with E-state index in [0.29, 0.717) is 5.38 Å². The minimum absolute atomic E-state index is 0.200. The molecule has 1 fully saturated rings. The van der Waals surface area contributed by atoms with Gasteiger partial charge < -0.3 is 0 Å². The fraction of sp³-hybridized carbons (Fsp3) is 0.786. The second-order valence-electron chi connectivity index (χ2n) is 6.05. The maximum Gasteiger partial charge on any atom is 0.0597 e. The molecule has 1 saturated heterocycles. The molecular weight excluding hydrogens is 246 g/mol. The summed E-state index contributed by atoms with van der Waals surface area (Å²) < 4.78 is 2.11. The number of rotatable bonds is 3. The van der Waals surface area contributed by atoms with Gasteiger partial charge in [-0.3, -0.25) is 9.58 Å². The molecule has 0 radical (unpaired) electrons. The quantitative estimate of drug-likeness (QED) is 0.787. The van der Waals surface area contributed by atoms with Gasteiger partial charge in [-0.15, -0.1) is 11.6 Å². The summed E-state index contributed by atoms with van der Waals surface area (Å²) in [5, 5.41) is 4.81. The summed E-state index contributed by atoms with van der Waals surface area (Å²) in [6, 6.07) is 2.20. The van der Waals surface area contributed by atoms with Crippen molar-refractivity contribution >= 4 is 11.6 Å².